The molecule has 0 aromatic heterocycles. The maximum absolute atomic E-state index is 13.1. The van der Waals surface area contributed by atoms with Crippen molar-refractivity contribution in [3.8, 4) is 0 Å². The molecule has 1 amide bonds. The van der Waals surface area contributed by atoms with Crippen LogP contribution in [0.3, 0.4) is 0 Å². The van der Waals surface area contributed by atoms with Crippen molar-refractivity contribution in [3.63, 3.8) is 0 Å². The normalized spacial score (nSPS) is 14.2. The maximum atomic E-state index is 13.1. The van der Waals surface area contributed by atoms with Gasteiger partial charge in [-0.2, -0.15) is 0 Å². The van der Waals surface area contributed by atoms with Crippen molar-refractivity contribution >= 4 is 11.9 Å². The minimum atomic E-state index is -0.828. The smallest absolute Gasteiger partial charge is 0.306 e. The van der Waals surface area contributed by atoms with Gasteiger partial charge in [-0.05, 0) is 38.5 Å². The molecule has 0 saturated heterocycles. The van der Waals surface area contributed by atoms with E-state index < -0.39 is 18.2 Å². The van der Waals surface area contributed by atoms with Crippen molar-refractivity contribution in [3.05, 3.63) is 85.1 Å². The Morgan fingerprint density at radius 1 is 0.582 bits per heavy atom. The highest BCUT2D eigenvalue weighted by Crippen LogP contribution is 2.15. The van der Waals surface area contributed by atoms with Gasteiger partial charge in [-0.25, -0.2) is 0 Å². The van der Waals surface area contributed by atoms with Gasteiger partial charge in [0, 0.05) is 12.8 Å². The van der Waals surface area contributed by atoms with Crippen LogP contribution in [0, 0.1) is 0 Å². The number of esters is 1. The second-order valence-electron chi connectivity index (χ2n) is 14.8. The van der Waals surface area contributed by atoms with Gasteiger partial charge in [0.1, 0.15) is 6.10 Å². The van der Waals surface area contributed by atoms with Crippen molar-refractivity contribution in [1.29, 1.82) is 0 Å². The Balaban J connectivity index is 4.82. The molecule has 0 aromatic rings. The van der Waals surface area contributed by atoms with Crippen LogP contribution in [0.5, 0.6) is 0 Å². The molecule has 0 aromatic carbocycles. The first-order valence-corrected chi connectivity index (χ1v) is 22.4. The van der Waals surface area contributed by atoms with Crippen LogP contribution in [0.2, 0.25) is 0 Å². The number of hydrogen-bond donors (Lipinski definition) is 3. The van der Waals surface area contributed by atoms with Crippen LogP contribution in [-0.4, -0.2) is 46.9 Å². The number of allylic oxidation sites excluding steroid dienone is 13. The quantitative estimate of drug-likeness (QED) is 0.0252. The molecular weight excluding hydrogens is 683 g/mol. The molecule has 0 aliphatic rings. The van der Waals surface area contributed by atoms with Crippen molar-refractivity contribution in [1.82, 2.24) is 5.32 Å². The van der Waals surface area contributed by atoms with Crippen LogP contribution >= 0.6 is 0 Å². The number of ether oxygens (including phenoxy) is 1. The molecular formula is C49H83NO5. The third-order valence-corrected chi connectivity index (χ3v) is 9.60. The lowest BCUT2D eigenvalue weighted by Crippen LogP contribution is -2.46. The summed E-state index contributed by atoms with van der Waals surface area (Å²) in [5.74, 6) is -0.698. The van der Waals surface area contributed by atoms with E-state index in [0.29, 0.717) is 19.3 Å². The van der Waals surface area contributed by atoms with E-state index in [1.54, 1.807) is 0 Å². The van der Waals surface area contributed by atoms with E-state index in [1.807, 2.05) is 60.8 Å². The average Bonchev–Trinajstić information content (AvgIpc) is 3.18. The number of nitrogens with one attached hydrogen (secondary N) is 1. The highest BCUT2D eigenvalue weighted by Gasteiger charge is 2.23. The molecule has 55 heavy (non-hydrogen) atoms. The standard InChI is InChI=1S/C49H83NO5/c1-4-7-10-13-16-19-22-24-27-30-33-36-39-42-49(54)55-45(40-37-34-31-28-25-21-18-15-12-9-6-3)43-48(53)50-46(44-51)47(52)41-38-35-32-29-26-23-20-17-14-11-8-5-2/h9,12,15,18,21,24-25,27-28,31,33-34,36-37,45-47,51-52H,4-8,10-11,13-14,16-17,19-20,22-23,26,29-30,32,35,38-44H2,1-3H3,(H,50,53)/b12-9+,18-15+,25-21-,27-24-,31-28-,36-33+,37-34+. The fourth-order valence-electron chi connectivity index (χ4n) is 6.21. The molecule has 314 valence electrons. The molecule has 0 rings (SSSR count). The Bertz CT molecular complexity index is 1080. The third kappa shape index (κ3) is 37.7. The molecule has 3 N–H and O–H groups in total. The van der Waals surface area contributed by atoms with Gasteiger partial charge in [0.25, 0.3) is 0 Å². The molecule has 0 fully saturated rings. The van der Waals surface area contributed by atoms with Crippen molar-refractivity contribution in [2.24, 2.45) is 0 Å². The van der Waals surface area contributed by atoms with Crippen molar-refractivity contribution < 1.29 is 24.5 Å². The summed E-state index contributed by atoms with van der Waals surface area (Å²) in [5.41, 5.74) is 0. The SMILES string of the molecule is CC/C=C/C=C/C=C\C=C/C=C/CC(CC(=O)NC(CO)C(O)CCCCCCCCCCCCCC)OC(=O)CC/C=C/C/C=C\CCCCCCCC. The van der Waals surface area contributed by atoms with E-state index in [4.69, 9.17) is 4.74 Å². The topological polar surface area (TPSA) is 95.9 Å². The zero-order chi connectivity index (χ0) is 40.3. The summed E-state index contributed by atoms with van der Waals surface area (Å²) < 4.78 is 5.77. The van der Waals surface area contributed by atoms with Gasteiger partial charge in [0.2, 0.25) is 5.91 Å². The molecule has 0 bridgehead atoms. The summed E-state index contributed by atoms with van der Waals surface area (Å²) in [6, 6.07) is -0.752. The first kappa shape index (κ1) is 52.0. The molecule has 6 nitrogen and oxygen atoms in total. The van der Waals surface area contributed by atoms with Gasteiger partial charge < -0.3 is 20.3 Å². The van der Waals surface area contributed by atoms with Crippen LogP contribution in [0.1, 0.15) is 188 Å². The summed E-state index contributed by atoms with van der Waals surface area (Å²) >= 11 is 0. The second-order valence-corrected chi connectivity index (χ2v) is 14.8. The number of carbonyl (C=O) groups excluding carboxylic acids is 2. The summed E-state index contributed by atoms with van der Waals surface area (Å²) in [4.78, 5) is 25.8. The van der Waals surface area contributed by atoms with Crippen LogP contribution < -0.4 is 5.32 Å². The summed E-state index contributed by atoms with van der Waals surface area (Å²) in [5, 5.41) is 23.5. The molecule has 0 saturated carbocycles. The Kier molecular flexibility index (Phi) is 39.9. The number of aliphatic hydroxyl groups excluding tert-OH is 2. The Hall–Kier alpha value is -2.96. The van der Waals surface area contributed by atoms with Gasteiger partial charge in [-0.15, -0.1) is 0 Å². The highest BCUT2D eigenvalue weighted by molar-refractivity contribution is 5.77. The highest BCUT2D eigenvalue weighted by atomic mass is 16.5. The number of aliphatic hydroxyl groups is 2. The van der Waals surface area contributed by atoms with Crippen molar-refractivity contribution in [2.45, 2.75) is 206 Å². The lowest BCUT2D eigenvalue weighted by Gasteiger charge is -2.24. The number of rotatable bonds is 38. The predicted octanol–water partition coefficient (Wildman–Crippen LogP) is 12.8. The van der Waals surface area contributed by atoms with Gasteiger partial charge in [-0.3, -0.25) is 9.59 Å². The number of carbonyl (C=O) groups is 2. The van der Waals surface area contributed by atoms with Crippen LogP contribution in [0.4, 0.5) is 0 Å². The molecule has 0 spiro atoms. The van der Waals surface area contributed by atoms with Gasteiger partial charge in [0.05, 0.1) is 25.2 Å². The molecule has 3 unspecified atom stereocenters. The lowest BCUT2D eigenvalue weighted by atomic mass is 10.0. The lowest BCUT2D eigenvalue weighted by molar-refractivity contribution is -0.150. The van der Waals surface area contributed by atoms with E-state index in [2.05, 4.69) is 50.4 Å². The van der Waals surface area contributed by atoms with Gasteiger partial charge >= 0.3 is 5.97 Å². The maximum Gasteiger partial charge on any atom is 0.306 e. The summed E-state index contributed by atoms with van der Waals surface area (Å²) in [7, 11) is 0. The van der Waals surface area contributed by atoms with E-state index in [1.165, 1.54) is 96.3 Å². The first-order valence-electron chi connectivity index (χ1n) is 22.4. The number of amides is 1. The van der Waals surface area contributed by atoms with Crippen molar-refractivity contribution in [2.75, 3.05) is 6.61 Å². The van der Waals surface area contributed by atoms with Gasteiger partial charge in [-0.1, -0.05) is 215 Å². The van der Waals surface area contributed by atoms with Crippen LogP contribution in [0.25, 0.3) is 0 Å². The van der Waals surface area contributed by atoms with Crippen LogP contribution in [-0.2, 0) is 14.3 Å². The largest absolute Gasteiger partial charge is 0.461 e. The number of unbranched alkanes of at least 4 members (excludes halogenated alkanes) is 17. The molecule has 0 radical (unpaired) electrons. The molecule has 0 aliphatic carbocycles. The number of hydrogen-bond acceptors (Lipinski definition) is 5. The third-order valence-electron chi connectivity index (χ3n) is 9.60. The minimum Gasteiger partial charge on any atom is -0.461 e. The summed E-state index contributed by atoms with van der Waals surface area (Å²) in [6.45, 7) is 6.24. The van der Waals surface area contributed by atoms with E-state index in [9.17, 15) is 19.8 Å². The zero-order valence-corrected chi connectivity index (χ0v) is 35.5. The Morgan fingerprint density at radius 2 is 1.07 bits per heavy atom. The predicted molar refractivity (Wildman–Crippen MR) is 236 cm³/mol. The Labute approximate surface area is 338 Å². The second kappa shape index (κ2) is 42.2. The molecule has 6 heteroatoms. The molecule has 0 heterocycles. The zero-order valence-electron chi connectivity index (χ0n) is 35.5. The first-order chi connectivity index (χ1) is 27.0. The van der Waals surface area contributed by atoms with Crippen LogP contribution in [0.15, 0.2) is 85.1 Å². The minimum absolute atomic E-state index is 0.0448. The van der Waals surface area contributed by atoms with E-state index in [0.717, 1.165) is 38.5 Å². The fraction of sp³-hybridized carbons (Fsp3) is 0.673. The average molecular weight is 766 g/mol. The summed E-state index contributed by atoms with van der Waals surface area (Å²) in [6.07, 6.45) is 53.9. The Morgan fingerprint density at radius 3 is 1.62 bits per heavy atom. The fourth-order valence-corrected chi connectivity index (χ4v) is 6.21. The van der Waals surface area contributed by atoms with E-state index >= 15 is 0 Å². The molecule has 3 atom stereocenters. The van der Waals surface area contributed by atoms with Gasteiger partial charge in [0.15, 0.2) is 0 Å². The van der Waals surface area contributed by atoms with E-state index in [-0.39, 0.29) is 31.3 Å². The molecule has 0 aliphatic heterocycles. The monoisotopic (exact) mass is 766 g/mol.